The van der Waals surface area contributed by atoms with Crippen LogP contribution in [0.2, 0.25) is 0 Å². The molecule has 6 nitrogen and oxygen atoms in total. The zero-order valence-corrected chi connectivity index (χ0v) is 18.3. The van der Waals surface area contributed by atoms with Gasteiger partial charge < -0.3 is 0 Å². The molecular weight excluding hydrogens is 410 g/mol. The average Bonchev–Trinajstić information content (AvgIpc) is 2.79. The third kappa shape index (κ3) is 5.58. The number of aryl methyl sites for hydroxylation is 2. The predicted octanol–water partition coefficient (Wildman–Crippen LogP) is 3.90. The molecule has 31 heavy (non-hydrogen) atoms. The van der Waals surface area contributed by atoms with Crippen LogP contribution in [0.4, 0.5) is 5.69 Å². The van der Waals surface area contributed by atoms with Gasteiger partial charge in [-0.3, -0.25) is 9.10 Å². The van der Waals surface area contributed by atoms with Gasteiger partial charge in [0.25, 0.3) is 15.9 Å². The van der Waals surface area contributed by atoms with Crippen molar-refractivity contribution < 1.29 is 13.2 Å². The summed E-state index contributed by atoms with van der Waals surface area (Å²) >= 11 is 0. The third-order valence-electron chi connectivity index (χ3n) is 4.74. The maximum absolute atomic E-state index is 13.4. The maximum Gasteiger partial charge on any atom is 0.264 e. The molecule has 1 N–H and O–H groups in total. The Labute approximate surface area is 183 Å². The third-order valence-corrected chi connectivity index (χ3v) is 6.51. The fourth-order valence-corrected chi connectivity index (χ4v) is 4.55. The SMILES string of the molecule is CCc1ccccc1N(CC(=O)N/N=C\c1ccc(C)cc1)S(=O)(=O)c1ccccc1. The van der Waals surface area contributed by atoms with Gasteiger partial charge in [0.05, 0.1) is 16.8 Å². The van der Waals surface area contributed by atoms with Crippen molar-refractivity contribution in [1.82, 2.24) is 5.43 Å². The number of amides is 1. The molecule has 1 amide bonds. The lowest BCUT2D eigenvalue weighted by Crippen LogP contribution is -2.40. The highest BCUT2D eigenvalue weighted by Gasteiger charge is 2.28. The van der Waals surface area contributed by atoms with Crippen LogP contribution in [-0.4, -0.2) is 27.1 Å². The maximum atomic E-state index is 13.4. The Morgan fingerprint density at radius 2 is 1.61 bits per heavy atom. The Morgan fingerprint density at radius 3 is 2.29 bits per heavy atom. The van der Waals surface area contributed by atoms with Gasteiger partial charge in [-0.2, -0.15) is 5.10 Å². The van der Waals surface area contributed by atoms with E-state index in [9.17, 15) is 13.2 Å². The van der Waals surface area contributed by atoms with Crippen LogP contribution < -0.4 is 9.73 Å². The molecule has 0 aliphatic rings. The second-order valence-electron chi connectivity index (χ2n) is 7.01. The normalized spacial score (nSPS) is 11.4. The van der Waals surface area contributed by atoms with E-state index < -0.39 is 15.9 Å². The lowest BCUT2D eigenvalue weighted by Gasteiger charge is -2.25. The van der Waals surface area contributed by atoms with E-state index in [-0.39, 0.29) is 11.4 Å². The van der Waals surface area contributed by atoms with E-state index in [1.807, 2.05) is 50.2 Å². The average molecular weight is 436 g/mol. The number of benzene rings is 3. The smallest absolute Gasteiger partial charge is 0.264 e. The number of rotatable bonds is 8. The molecule has 0 aliphatic heterocycles. The first-order valence-electron chi connectivity index (χ1n) is 9.96. The number of nitrogens with one attached hydrogen (secondary N) is 1. The molecule has 0 fully saturated rings. The molecule has 0 bridgehead atoms. The van der Waals surface area contributed by atoms with Gasteiger partial charge >= 0.3 is 0 Å². The zero-order chi connectivity index (χ0) is 22.3. The second-order valence-corrected chi connectivity index (χ2v) is 8.87. The Balaban J connectivity index is 1.86. The molecule has 160 valence electrons. The minimum atomic E-state index is -3.94. The largest absolute Gasteiger partial charge is 0.271 e. The van der Waals surface area contributed by atoms with E-state index in [4.69, 9.17) is 0 Å². The van der Waals surface area contributed by atoms with E-state index in [1.54, 1.807) is 30.3 Å². The minimum absolute atomic E-state index is 0.122. The number of anilines is 1. The summed E-state index contributed by atoms with van der Waals surface area (Å²) in [5.74, 6) is -0.534. The van der Waals surface area contributed by atoms with Gasteiger partial charge in [0, 0.05) is 0 Å². The van der Waals surface area contributed by atoms with Crippen molar-refractivity contribution in [3.05, 3.63) is 95.6 Å². The molecule has 0 saturated heterocycles. The Kier molecular flexibility index (Phi) is 7.20. The van der Waals surface area contributed by atoms with E-state index >= 15 is 0 Å². The van der Waals surface area contributed by atoms with Crippen molar-refractivity contribution in [2.24, 2.45) is 5.10 Å². The number of nitrogens with zero attached hydrogens (tertiary/aromatic N) is 2. The van der Waals surface area contributed by atoms with Gasteiger partial charge in [-0.05, 0) is 42.7 Å². The molecule has 0 radical (unpaired) electrons. The molecule has 0 atom stereocenters. The molecule has 0 heterocycles. The topological polar surface area (TPSA) is 78.8 Å². The van der Waals surface area contributed by atoms with Crippen molar-refractivity contribution in [1.29, 1.82) is 0 Å². The van der Waals surface area contributed by atoms with Crippen LogP contribution in [0.25, 0.3) is 0 Å². The number of carbonyl (C=O) groups is 1. The molecule has 0 saturated carbocycles. The van der Waals surface area contributed by atoms with Crippen molar-refractivity contribution in [2.45, 2.75) is 25.2 Å². The summed E-state index contributed by atoms with van der Waals surface area (Å²) in [4.78, 5) is 12.7. The Hall–Kier alpha value is -3.45. The summed E-state index contributed by atoms with van der Waals surface area (Å²) in [7, 11) is -3.94. The Morgan fingerprint density at radius 1 is 0.968 bits per heavy atom. The number of carbonyl (C=O) groups excluding carboxylic acids is 1. The molecule has 3 aromatic carbocycles. The number of hydrazone groups is 1. The van der Waals surface area contributed by atoms with Crippen LogP contribution in [0.1, 0.15) is 23.6 Å². The van der Waals surface area contributed by atoms with Crippen molar-refractivity contribution in [3.63, 3.8) is 0 Å². The van der Waals surface area contributed by atoms with E-state index in [0.717, 1.165) is 21.0 Å². The molecule has 3 rings (SSSR count). The summed E-state index contributed by atoms with van der Waals surface area (Å²) in [6.07, 6.45) is 2.15. The van der Waals surface area contributed by atoms with Gasteiger partial charge in [-0.15, -0.1) is 0 Å². The van der Waals surface area contributed by atoms with Crippen LogP contribution >= 0.6 is 0 Å². The fourth-order valence-electron chi connectivity index (χ4n) is 3.07. The Bertz CT molecular complexity index is 1160. The van der Waals surface area contributed by atoms with Crippen molar-refractivity contribution >= 4 is 27.8 Å². The number of para-hydroxylation sites is 1. The van der Waals surface area contributed by atoms with Crippen LogP contribution in [0, 0.1) is 6.92 Å². The summed E-state index contributed by atoms with van der Waals surface area (Å²) < 4.78 is 27.9. The monoisotopic (exact) mass is 435 g/mol. The van der Waals surface area contributed by atoms with Crippen LogP contribution in [0.15, 0.2) is 88.9 Å². The van der Waals surface area contributed by atoms with Gasteiger partial charge in [-0.25, -0.2) is 13.8 Å². The molecule has 0 spiro atoms. The minimum Gasteiger partial charge on any atom is -0.271 e. The number of hydrogen-bond acceptors (Lipinski definition) is 4. The first-order valence-corrected chi connectivity index (χ1v) is 11.4. The van der Waals surface area contributed by atoms with E-state index in [1.165, 1.54) is 18.3 Å². The van der Waals surface area contributed by atoms with Crippen LogP contribution in [0.5, 0.6) is 0 Å². The summed E-state index contributed by atoms with van der Waals surface area (Å²) in [5, 5.41) is 3.97. The van der Waals surface area contributed by atoms with Crippen LogP contribution in [0.3, 0.4) is 0 Å². The summed E-state index contributed by atoms with van der Waals surface area (Å²) in [6.45, 7) is 3.54. The lowest BCUT2D eigenvalue weighted by atomic mass is 10.1. The predicted molar refractivity (Wildman–Crippen MR) is 124 cm³/mol. The first-order chi connectivity index (χ1) is 14.9. The molecule has 0 aromatic heterocycles. The number of sulfonamides is 1. The van der Waals surface area contributed by atoms with Crippen molar-refractivity contribution in [3.8, 4) is 0 Å². The highest BCUT2D eigenvalue weighted by atomic mass is 32.2. The van der Waals surface area contributed by atoms with Gasteiger partial charge in [0.1, 0.15) is 6.54 Å². The zero-order valence-electron chi connectivity index (χ0n) is 17.5. The van der Waals surface area contributed by atoms with E-state index in [2.05, 4.69) is 10.5 Å². The van der Waals surface area contributed by atoms with Gasteiger partial charge in [-0.1, -0.05) is 73.2 Å². The van der Waals surface area contributed by atoms with Gasteiger partial charge in [0.15, 0.2) is 0 Å². The summed E-state index contributed by atoms with van der Waals surface area (Å²) in [5.41, 5.74) is 5.69. The first kappa shape index (κ1) is 22.2. The van der Waals surface area contributed by atoms with Gasteiger partial charge in [0.2, 0.25) is 0 Å². The van der Waals surface area contributed by atoms with Crippen LogP contribution in [-0.2, 0) is 21.2 Å². The fraction of sp³-hybridized carbons (Fsp3) is 0.167. The van der Waals surface area contributed by atoms with E-state index in [0.29, 0.717) is 12.1 Å². The van der Waals surface area contributed by atoms with Crippen molar-refractivity contribution in [2.75, 3.05) is 10.8 Å². The highest BCUT2D eigenvalue weighted by Crippen LogP contribution is 2.27. The second kappa shape index (κ2) is 10.0. The summed E-state index contributed by atoms with van der Waals surface area (Å²) in [6, 6.07) is 22.9. The molecule has 7 heteroatoms. The molecular formula is C24H25N3O3S. The molecule has 0 unspecified atom stereocenters. The lowest BCUT2D eigenvalue weighted by molar-refractivity contribution is -0.119. The standard InChI is InChI=1S/C24H25N3O3S/c1-3-21-9-7-8-12-23(21)27(31(29,30)22-10-5-4-6-11-22)18-24(28)26-25-17-20-15-13-19(2)14-16-20/h4-17H,3,18H2,1-2H3,(H,26,28)/b25-17-. The number of hydrogen-bond donors (Lipinski definition) is 1. The highest BCUT2D eigenvalue weighted by molar-refractivity contribution is 7.92. The molecule has 3 aromatic rings. The molecule has 0 aliphatic carbocycles. The quantitative estimate of drug-likeness (QED) is 0.430.